The Morgan fingerprint density at radius 1 is 1.39 bits per heavy atom. The first-order valence-corrected chi connectivity index (χ1v) is 8.36. The van der Waals surface area contributed by atoms with Gasteiger partial charge in [-0.2, -0.15) is 0 Å². The Hall–Kier alpha value is -1.73. The molecule has 2 fully saturated rings. The number of nitrogens with zero attached hydrogens (tertiary/aromatic N) is 3. The molecule has 0 radical (unpaired) electrons. The lowest BCUT2D eigenvalue weighted by molar-refractivity contribution is -0.385. The Morgan fingerprint density at radius 2 is 2.17 bits per heavy atom. The van der Waals surface area contributed by atoms with Crippen LogP contribution in [0.1, 0.15) is 38.5 Å². The summed E-state index contributed by atoms with van der Waals surface area (Å²) in [7, 11) is 0. The highest BCUT2D eigenvalue weighted by molar-refractivity contribution is 5.41. The first-order valence-electron chi connectivity index (χ1n) is 8.36. The molecule has 3 rings (SSSR count). The number of pyridine rings is 1. The maximum Gasteiger partial charge on any atom is 0.287 e. The third kappa shape index (κ3) is 4.17. The predicted octanol–water partition coefficient (Wildman–Crippen LogP) is 2.17. The normalized spacial score (nSPS) is 24.5. The van der Waals surface area contributed by atoms with Crippen molar-refractivity contribution < 1.29 is 10.0 Å². The van der Waals surface area contributed by atoms with Gasteiger partial charge in [0, 0.05) is 31.7 Å². The van der Waals surface area contributed by atoms with Crippen LogP contribution in [0.2, 0.25) is 0 Å². The number of nitro groups is 1. The standard InChI is InChI=1S/C16H24N4O3/c21-16(7-2-1-3-8-16)12-19-9-6-13(11-19)18-15-5-4-14(10-17-15)20(22)23/h4-5,10,13,21H,1-3,6-9,11-12H2,(H,17,18). The number of hydrogen-bond donors (Lipinski definition) is 2. The van der Waals surface area contributed by atoms with E-state index in [0.29, 0.717) is 5.82 Å². The fraction of sp³-hybridized carbons (Fsp3) is 0.688. The van der Waals surface area contributed by atoms with Crippen molar-refractivity contribution in [3.05, 3.63) is 28.4 Å². The Morgan fingerprint density at radius 3 is 2.83 bits per heavy atom. The molecule has 1 saturated heterocycles. The van der Waals surface area contributed by atoms with Crippen LogP contribution in [-0.2, 0) is 0 Å². The van der Waals surface area contributed by atoms with Crippen molar-refractivity contribution in [1.29, 1.82) is 0 Å². The van der Waals surface area contributed by atoms with E-state index in [-0.39, 0.29) is 11.7 Å². The molecule has 1 aromatic heterocycles. The Balaban J connectivity index is 1.50. The van der Waals surface area contributed by atoms with E-state index in [1.54, 1.807) is 6.07 Å². The van der Waals surface area contributed by atoms with Crippen molar-refractivity contribution in [2.24, 2.45) is 0 Å². The monoisotopic (exact) mass is 320 g/mol. The van der Waals surface area contributed by atoms with E-state index in [0.717, 1.165) is 51.7 Å². The van der Waals surface area contributed by atoms with E-state index < -0.39 is 10.5 Å². The third-order valence-corrected chi connectivity index (χ3v) is 4.89. The molecule has 0 spiro atoms. The Kier molecular flexibility index (Phi) is 4.77. The molecule has 1 unspecified atom stereocenters. The highest BCUT2D eigenvalue weighted by atomic mass is 16.6. The second-order valence-electron chi connectivity index (χ2n) is 6.81. The van der Waals surface area contributed by atoms with E-state index in [4.69, 9.17) is 0 Å². The highest BCUT2D eigenvalue weighted by Crippen LogP contribution is 2.30. The van der Waals surface area contributed by atoms with Gasteiger partial charge in [-0.05, 0) is 25.3 Å². The minimum Gasteiger partial charge on any atom is -0.389 e. The highest BCUT2D eigenvalue weighted by Gasteiger charge is 2.34. The number of β-amino-alcohol motifs (C(OH)–C–C–N with tert-alkyl or cyclic N) is 1. The lowest BCUT2D eigenvalue weighted by Crippen LogP contribution is -2.44. The molecular weight excluding hydrogens is 296 g/mol. The summed E-state index contributed by atoms with van der Waals surface area (Å²) in [6.07, 6.45) is 7.57. The van der Waals surface area contributed by atoms with Gasteiger partial charge in [0.05, 0.1) is 10.5 Å². The average molecular weight is 320 g/mol. The van der Waals surface area contributed by atoms with Gasteiger partial charge in [0.15, 0.2) is 0 Å². The van der Waals surface area contributed by atoms with Crippen molar-refractivity contribution in [2.75, 3.05) is 25.0 Å². The van der Waals surface area contributed by atoms with Crippen LogP contribution in [0, 0.1) is 10.1 Å². The second-order valence-corrected chi connectivity index (χ2v) is 6.81. The van der Waals surface area contributed by atoms with E-state index >= 15 is 0 Å². The molecule has 1 saturated carbocycles. The number of likely N-dealkylation sites (tertiary alicyclic amines) is 1. The van der Waals surface area contributed by atoms with Crippen molar-refractivity contribution >= 4 is 11.5 Å². The lowest BCUT2D eigenvalue weighted by atomic mass is 9.84. The molecule has 2 heterocycles. The van der Waals surface area contributed by atoms with Gasteiger partial charge in [0.1, 0.15) is 12.0 Å². The molecule has 7 heteroatoms. The third-order valence-electron chi connectivity index (χ3n) is 4.89. The van der Waals surface area contributed by atoms with Gasteiger partial charge >= 0.3 is 0 Å². The van der Waals surface area contributed by atoms with Gasteiger partial charge in [-0.1, -0.05) is 19.3 Å². The molecule has 1 aliphatic carbocycles. The summed E-state index contributed by atoms with van der Waals surface area (Å²) in [5, 5.41) is 24.6. The van der Waals surface area contributed by atoms with Gasteiger partial charge in [-0.3, -0.25) is 15.0 Å². The van der Waals surface area contributed by atoms with Crippen LogP contribution in [0.5, 0.6) is 0 Å². The average Bonchev–Trinajstić information content (AvgIpc) is 2.95. The SMILES string of the molecule is O=[N+]([O-])c1ccc(NC2CCN(CC3(O)CCCCC3)C2)nc1. The largest absolute Gasteiger partial charge is 0.389 e. The molecule has 1 aliphatic heterocycles. The fourth-order valence-electron chi connectivity index (χ4n) is 3.67. The molecule has 2 N–H and O–H groups in total. The summed E-state index contributed by atoms with van der Waals surface area (Å²) in [4.78, 5) is 16.6. The first-order chi connectivity index (χ1) is 11.0. The molecule has 23 heavy (non-hydrogen) atoms. The first kappa shape index (κ1) is 16.1. The summed E-state index contributed by atoms with van der Waals surface area (Å²) in [5.74, 6) is 0.666. The van der Waals surface area contributed by atoms with Crippen LogP contribution in [-0.4, -0.2) is 51.2 Å². The number of nitrogens with one attached hydrogen (secondary N) is 1. The van der Waals surface area contributed by atoms with E-state index in [9.17, 15) is 15.2 Å². The Labute approximate surface area is 135 Å². The van der Waals surface area contributed by atoms with Crippen LogP contribution < -0.4 is 5.32 Å². The van der Waals surface area contributed by atoms with Gasteiger partial charge in [0.25, 0.3) is 5.69 Å². The number of aromatic nitrogens is 1. The van der Waals surface area contributed by atoms with E-state index in [1.807, 2.05) is 0 Å². The number of anilines is 1. The van der Waals surface area contributed by atoms with Crippen LogP contribution >= 0.6 is 0 Å². The summed E-state index contributed by atoms with van der Waals surface area (Å²) < 4.78 is 0. The molecule has 0 aromatic carbocycles. The summed E-state index contributed by atoms with van der Waals surface area (Å²) in [6, 6.07) is 3.39. The number of hydrogen-bond acceptors (Lipinski definition) is 6. The lowest BCUT2D eigenvalue weighted by Gasteiger charge is -2.35. The van der Waals surface area contributed by atoms with E-state index in [2.05, 4.69) is 15.2 Å². The van der Waals surface area contributed by atoms with Gasteiger partial charge < -0.3 is 10.4 Å². The molecule has 126 valence electrons. The molecule has 0 amide bonds. The number of aliphatic hydroxyl groups is 1. The summed E-state index contributed by atoms with van der Waals surface area (Å²) >= 11 is 0. The molecule has 2 aliphatic rings. The zero-order valence-corrected chi connectivity index (χ0v) is 13.3. The van der Waals surface area contributed by atoms with Crippen molar-refractivity contribution in [3.8, 4) is 0 Å². The summed E-state index contributed by atoms with van der Waals surface area (Å²) in [5.41, 5.74) is -0.512. The Bertz CT molecular complexity index is 543. The molecular formula is C16H24N4O3. The van der Waals surface area contributed by atoms with E-state index in [1.165, 1.54) is 18.7 Å². The smallest absolute Gasteiger partial charge is 0.287 e. The number of rotatable bonds is 5. The quantitative estimate of drug-likeness (QED) is 0.638. The molecule has 1 atom stereocenters. The second kappa shape index (κ2) is 6.80. The fourth-order valence-corrected chi connectivity index (χ4v) is 3.67. The van der Waals surface area contributed by atoms with Crippen molar-refractivity contribution in [2.45, 2.75) is 50.2 Å². The maximum absolute atomic E-state index is 10.7. The van der Waals surface area contributed by atoms with Gasteiger partial charge in [-0.25, -0.2) is 4.98 Å². The van der Waals surface area contributed by atoms with Crippen LogP contribution in [0.4, 0.5) is 11.5 Å². The molecule has 7 nitrogen and oxygen atoms in total. The van der Waals surface area contributed by atoms with Crippen LogP contribution in [0.15, 0.2) is 18.3 Å². The summed E-state index contributed by atoms with van der Waals surface area (Å²) in [6.45, 7) is 2.59. The topological polar surface area (TPSA) is 91.5 Å². The molecule has 0 bridgehead atoms. The predicted molar refractivity (Wildman–Crippen MR) is 87.4 cm³/mol. The molecule has 1 aromatic rings. The van der Waals surface area contributed by atoms with Crippen molar-refractivity contribution in [3.63, 3.8) is 0 Å². The zero-order chi connectivity index (χ0) is 16.3. The van der Waals surface area contributed by atoms with Gasteiger partial charge in [-0.15, -0.1) is 0 Å². The van der Waals surface area contributed by atoms with Gasteiger partial charge in [0.2, 0.25) is 0 Å². The van der Waals surface area contributed by atoms with Crippen LogP contribution in [0.3, 0.4) is 0 Å². The zero-order valence-electron chi connectivity index (χ0n) is 13.3. The van der Waals surface area contributed by atoms with Crippen molar-refractivity contribution in [1.82, 2.24) is 9.88 Å². The minimum absolute atomic E-state index is 0.00289. The maximum atomic E-state index is 10.7. The van der Waals surface area contributed by atoms with Crippen LogP contribution in [0.25, 0.3) is 0 Å². The minimum atomic E-state index is -0.515.